The van der Waals surface area contributed by atoms with Crippen LogP contribution in [0.25, 0.3) is 0 Å². The molecule has 1 aromatic rings. The number of likely N-dealkylation sites (N-methyl/N-ethyl adjacent to an activating group) is 1. The van der Waals surface area contributed by atoms with Crippen molar-refractivity contribution in [2.75, 3.05) is 37.9 Å². The van der Waals surface area contributed by atoms with E-state index in [0.717, 1.165) is 18.8 Å². The second-order valence-corrected chi connectivity index (χ2v) is 3.96. The summed E-state index contributed by atoms with van der Waals surface area (Å²) in [6.07, 6.45) is 0. The first-order valence-electron chi connectivity index (χ1n) is 5.97. The van der Waals surface area contributed by atoms with Gasteiger partial charge in [0.15, 0.2) is 0 Å². The zero-order valence-corrected chi connectivity index (χ0v) is 11.4. The predicted octanol–water partition coefficient (Wildman–Crippen LogP) is 1.06. The van der Waals surface area contributed by atoms with Crippen molar-refractivity contribution in [2.45, 2.75) is 6.92 Å². The molecule has 0 aromatic heterocycles. The number of hydrogen-bond donors (Lipinski definition) is 3. The molecule has 6 nitrogen and oxygen atoms in total. The number of benzene rings is 1. The van der Waals surface area contributed by atoms with E-state index in [1.807, 2.05) is 7.05 Å². The Morgan fingerprint density at radius 3 is 2.58 bits per heavy atom. The second-order valence-electron chi connectivity index (χ2n) is 3.96. The maximum Gasteiger partial charge on any atom is 0.339 e. The van der Waals surface area contributed by atoms with Crippen molar-refractivity contribution in [3.05, 3.63) is 23.8 Å². The lowest BCUT2D eigenvalue weighted by Crippen LogP contribution is -2.18. The quantitative estimate of drug-likeness (QED) is 0.529. The van der Waals surface area contributed by atoms with Crippen LogP contribution in [0, 0.1) is 0 Å². The van der Waals surface area contributed by atoms with Gasteiger partial charge in [-0.05, 0) is 25.2 Å². The van der Waals surface area contributed by atoms with Crippen molar-refractivity contribution in [2.24, 2.45) is 0 Å². The first kappa shape index (κ1) is 15.0. The molecule has 3 N–H and O–H groups in total. The maximum atomic E-state index is 11.6. The van der Waals surface area contributed by atoms with Crippen LogP contribution in [0.5, 0.6) is 0 Å². The smallest absolute Gasteiger partial charge is 0.339 e. The summed E-state index contributed by atoms with van der Waals surface area (Å²) in [4.78, 5) is 22.7. The largest absolute Gasteiger partial charge is 0.465 e. The standard InChI is InChI=1S/C13H19N3O3/c1-9(17)16-12-8-10(15-7-6-14-2)4-5-11(12)13(18)19-3/h4-5,8,14-15H,6-7H2,1-3H3,(H,16,17). The highest BCUT2D eigenvalue weighted by Gasteiger charge is 2.13. The monoisotopic (exact) mass is 265 g/mol. The number of anilines is 2. The van der Waals surface area contributed by atoms with Gasteiger partial charge in [-0.3, -0.25) is 4.79 Å². The molecule has 6 heteroatoms. The summed E-state index contributed by atoms with van der Waals surface area (Å²) in [6, 6.07) is 5.11. The van der Waals surface area contributed by atoms with Gasteiger partial charge < -0.3 is 20.7 Å². The number of rotatable bonds is 6. The molecular weight excluding hydrogens is 246 g/mol. The van der Waals surface area contributed by atoms with Gasteiger partial charge in [-0.1, -0.05) is 0 Å². The van der Waals surface area contributed by atoms with Crippen LogP contribution in [0.15, 0.2) is 18.2 Å². The lowest BCUT2D eigenvalue weighted by molar-refractivity contribution is -0.114. The van der Waals surface area contributed by atoms with Crippen molar-refractivity contribution in [3.63, 3.8) is 0 Å². The maximum absolute atomic E-state index is 11.6. The summed E-state index contributed by atoms with van der Waals surface area (Å²) in [5, 5.41) is 8.82. The molecule has 0 heterocycles. The summed E-state index contributed by atoms with van der Waals surface area (Å²) < 4.78 is 4.68. The molecule has 104 valence electrons. The molecule has 0 saturated heterocycles. The number of esters is 1. The van der Waals surface area contributed by atoms with Crippen LogP contribution in [0.2, 0.25) is 0 Å². The Kier molecular flexibility index (Phi) is 5.81. The van der Waals surface area contributed by atoms with Crippen molar-refractivity contribution in [1.29, 1.82) is 0 Å². The molecule has 0 unspecified atom stereocenters. The molecule has 19 heavy (non-hydrogen) atoms. The Bertz CT molecular complexity index is 460. The molecule has 0 spiro atoms. The third-order valence-electron chi connectivity index (χ3n) is 2.44. The van der Waals surface area contributed by atoms with Crippen molar-refractivity contribution in [3.8, 4) is 0 Å². The number of hydrogen-bond acceptors (Lipinski definition) is 5. The highest BCUT2D eigenvalue weighted by atomic mass is 16.5. The number of carbonyl (C=O) groups is 2. The van der Waals surface area contributed by atoms with Crippen LogP contribution >= 0.6 is 0 Å². The number of ether oxygens (including phenoxy) is 1. The molecule has 0 fully saturated rings. The average molecular weight is 265 g/mol. The predicted molar refractivity (Wildman–Crippen MR) is 74.5 cm³/mol. The van der Waals surface area contributed by atoms with E-state index < -0.39 is 5.97 Å². The van der Waals surface area contributed by atoms with Crippen LogP contribution in [0.1, 0.15) is 17.3 Å². The highest BCUT2D eigenvalue weighted by molar-refractivity contribution is 6.01. The lowest BCUT2D eigenvalue weighted by atomic mass is 10.1. The van der Waals surface area contributed by atoms with Crippen LogP contribution in [-0.2, 0) is 9.53 Å². The van der Waals surface area contributed by atoms with E-state index in [0.29, 0.717) is 11.3 Å². The summed E-state index contributed by atoms with van der Waals surface area (Å²) >= 11 is 0. The van der Waals surface area contributed by atoms with Crippen LogP contribution in [-0.4, -0.2) is 39.1 Å². The fraction of sp³-hybridized carbons (Fsp3) is 0.385. The van der Waals surface area contributed by atoms with E-state index >= 15 is 0 Å². The van der Waals surface area contributed by atoms with E-state index in [4.69, 9.17) is 0 Å². The normalized spacial score (nSPS) is 9.84. The van der Waals surface area contributed by atoms with Gasteiger partial charge in [-0.25, -0.2) is 4.79 Å². The lowest BCUT2D eigenvalue weighted by Gasteiger charge is -2.12. The average Bonchev–Trinajstić information content (AvgIpc) is 2.38. The summed E-state index contributed by atoms with van der Waals surface area (Å²) in [6.45, 7) is 2.95. The van der Waals surface area contributed by atoms with Crippen molar-refractivity contribution < 1.29 is 14.3 Å². The molecule has 0 radical (unpaired) electrons. The van der Waals surface area contributed by atoms with Crippen molar-refractivity contribution in [1.82, 2.24) is 5.32 Å². The van der Waals surface area contributed by atoms with Crippen LogP contribution < -0.4 is 16.0 Å². The SMILES string of the molecule is CNCCNc1ccc(C(=O)OC)c(NC(C)=O)c1. The van der Waals surface area contributed by atoms with Gasteiger partial charge in [0.1, 0.15) is 0 Å². The van der Waals surface area contributed by atoms with E-state index in [1.165, 1.54) is 14.0 Å². The summed E-state index contributed by atoms with van der Waals surface area (Å²) in [7, 11) is 3.17. The molecule has 0 atom stereocenters. The Hall–Kier alpha value is -2.08. The first-order valence-corrected chi connectivity index (χ1v) is 5.97. The minimum Gasteiger partial charge on any atom is -0.465 e. The molecule has 0 aliphatic rings. The number of carbonyl (C=O) groups excluding carboxylic acids is 2. The molecule has 0 aliphatic heterocycles. The summed E-state index contributed by atoms with van der Waals surface area (Å²) in [5.41, 5.74) is 1.59. The van der Waals surface area contributed by atoms with E-state index in [-0.39, 0.29) is 5.91 Å². The second kappa shape index (κ2) is 7.38. The highest BCUT2D eigenvalue weighted by Crippen LogP contribution is 2.21. The zero-order chi connectivity index (χ0) is 14.3. The van der Waals surface area contributed by atoms with Gasteiger partial charge in [-0.2, -0.15) is 0 Å². The number of nitrogens with one attached hydrogen (secondary N) is 3. The Morgan fingerprint density at radius 1 is 1.26 bits per heavy atom. The van der Waals surface area contributed by atoms with E-state index in [9.17, 15) is 9.59 Å². The van der Waals surface area contributed by atoms with Gasteiger partial charge in [0.2, 0.25) is 5.91 Å². The molecule has 0 bridgehead atoms. The first-order chi connectivity index (χ1) is 9.08. The molecule has 0 saturated carbocycles. The van der Waals surface area contributed by atoms with Gasteiger partial charge in [0.05, 0.1) is 18.4 Å². The Morgan fingerprint density at radius 2 is 2.00 bits per heavy atom. The minimum absolute atomic E-state index is 0.238. The molecule has 1 rings (SSSR count). The Labute approximate surface area is 112 Å². The van der Waals surface area contributed by atoms with Gasteiger partial charge in [0.25, 0.3) is 0 Å². The third-order valence-corrected chi connectivity index (χ3v) is 2.44. The molecular formula is C13H19N3O3. The number of amides is 1. The minimum atomic E-state index is -0.481. The van der Waals surface area contributed by atoms with E-state index in [2.05, 4.69) is 20.7 Å². The molecule has 1 amide bonds. The number of methoxy groups -OCH3 is 1. The van der Waals surface area contributed by atoms with Crippen LogP contribution in [0.3, 0.4) is 0 Å². The van der Waals surface area contributed by atoms with Gasteiger partial charge in [0, 0.05) is 25.7 Å². The van der Waals surface area contributed by atoms with Gasteiger partial charge >= 0.3 is 5.97 Å². The Balaban J connectivity index is 2.94. The topological polar surface area (TPSA) is 79.5 Å². The zero-order valence-electron chi connectivity index (χ0n) is 11.4. The summed E-state index contributed by atoms with van der Waals surface area (Å²) in [5.74, 6) is -0.719. The fourth-order valence-electron chi connectivity index (χ4n) is 1.57. The third kappa shape index (κ3) is 4.59. The van der Waals surface area contributed by atoms with Crippen LogP contribution in [0.4, 0.5) is 11.4 Å². The van der Waals surface area contributed by atoms with Crippen molar-refractivity contribution >= 4 is 23.3 Å². The van der Waals surface area contributed by atoms with Gasteiger partial charge in [-0.15, -0.1) is 0 Å². The molecule has 1 aromatic carbocycles. The van der Waals surface area contributed by atoms with E-state index in [1.54, 1.807) is 18.2 Å². The fourth-order valence-corrected chi connectivity index (χ4v) is 1.57. The molecule has 0 aliphatic carbocycles.